The third-order valence-electron chi connectivity index (χ3n) is 5.69. The molecule has 0 radical (unpaired) electrons. The van der Waals surface area contributed by atoms with Crippen molar-refractivity contribution in [1.82, 2.24) is 15.1 Å². The van der Waals surface area contributed by atoms with Crippen molar-refractivity contribution in [2.24, 2.45) is 11.8 Å². The summed E-state index contributed by atoms with van der Waals surface area (Å²) in [6.45, 7) is 9.26. The maximum absolute atomic E-state index is 12.8. The minimum atomic E-state index is -0.473. The van der Waals surface area contributed by atoms with Crippen LogP contribution in [0.5, 0.6) is 0 Å². The molecule has 2 aliphatic heterocycles. The molecule has 26 heavy (non-hydrogen) atoms. The third-order valence-corrected chi connectivity index (χ3v) is 6.55. The predicted octanol–water partition coefficient (Wildman–Crippen LogP) is 2.84. The lowest BCUT2D eigenvalue weighted by Crippen LogP contribution is -2.51. The lowest BCUT2D eigenvalue weighted by atomic mass is 9.94. The van der Waals surface area contributed by atoms with E-state index in [2.05, 4.69) is 17.1 Å². The number of carbonyl (C=O) groups excluding carboxylic acids is 2. The zero-order chi connectivity index (χ0) is 18.5. The summed E-state index contributed by atoms with van der Waals surface area (Å²) in [5, 5.41) is 4.72. The number of thiophene rings is 1. The van der Waals surface area contributed by atoms with Gasteiger partial charge in [0, 0.05) is 19.6 Å². The monoisotopic (exact) mass is 377 g/mol. The number of amides is 2. The van der Waals surface area contributed by atoms with Crippen molar-refractivity contribution >= 4 is 23.2 Å². The van der Waals surface area contributed by atoms with Crippen LogP contribution in [-0.4, -0.2) is 60.4 Å². The largest absolute Gasteiger partial charge is 0.341 e. The Bertz CT molecular complexity index is 596. The van der Waals surface area contributed by atoms with Gasteiger partial charge in [-0.15, -0.1) is 11.3 Å². The summed E-state index contributed by atoms with van der Waals surface area (Å²) in [6.07, 6.45) is 4.85. The van der Waals surface area contributed by atoms with Gasteiger partial charge in [-0.25, -0.2) is 0 Å². The summed E-state index contributed by atoms with van der Waals surface area (Å²) in [4.78, 5) is 30.1. The molecule has 0 aromatic carbocycles. The Kier molecular flexibility index (Phi) is 6.70. The molecule has 2 fully saturated rings. The van der Waals surface area contributed by atoms with Crippen molar-refractivity contribution in [1.29, 1.82) is 0 Å². The van der Waals surface area contributed by atoms with Crippen molar-refractivity contribution < 1.29 is 9.59 Å². The summed E-state index contributed by atoms with van der Waals surface area (Å²) in [5.74, 6) is 1.30. The Morgan fingerprint density at radius 3 is 2.73 bits per heavy atom. The van der Waals surface area contributed by atoms with Crippen molar-refractivity contribution in [3.8, 4) is 0 Å². The van der Waals surface area contributed by atoms with Gasteiger partial charge in [-0.3, -0.25) is 9.59 Å². The van der Waals surface area contributed by atoms with E-state index < -0.39 is 6.04 Å². The average Bonchev–Trinajstić information content (AvgIpc) is 3.18. The van der Waals surface area contributed by atoms with E-state index in [-0.39, 0.29) is 11.8 Å². The Labute approximate surface area is 160 Å². The molecule has 0 aliphatic carbocycles. The first-order valence-electron chi connectivity index (χ1n) is 9.88. The average molecular weight is 378 g/mol. The first-order valence-corrected chi connectivity index (χ1v) is 10.8. The maximum atomic E-state index is 12.8. The Morgan fingerprint density at radius 2 is 2.04 bits per heavy atom. The van der Waals surface area contributed by atoms with Crippen LogP contribution in [0.3, 0.4) is 0 Å². The molecule has 2 atom stereocenters. The summed E-state index contributed by atoms with van der Waals surface area (Å²) in [7, 11) is 0. The van der Waals surface area contributed by atoms with E-state index in [1.54, 1.807) is 13.0 Å². The Hall–Kier alpha value is -1.40. The number of carbonyl (C=O) groups is 2. The normalized spacial score (nSPS) is 23.6. The fourth-order valence-corrected chi connectivity index (χ4v) is 4.66. The predicted molar refractivity (Wildman–Crippen MR) is 105 cm³/mol. The number of nitrogens with one attached hydrogen (secondary N) is 1. The van der Waals surface area contributed by atoms with Gasteiger partial charge in [-0.2, -0.15) is 0 Å². The summed E-state index contributed by atoms with van der Waals surface area (Å²) in [6, 6.07) is 3.16. The zero-order valence-electron chi connectivity index (χ0n) is 15.9. The number of hydrogen-bond donors (Lipinski definition) is 1. The van der Waals surface area contributed by atoms with Crippen LogP contribution in [0.1, 0.15) is 49.2 Å². The molecule has 0 unspecified atom stereocenters. The van der Waals surface area contributed by atoms with Crippen molar-refractivity contribution in [3.05, 3.63) is 22.4 Å². The molecule has 1 N–H and O–H groups in total. The Balaban J connectivity index is 1.48. The van der Waals surface area contributed by atoms with Gasteiger partial charge in [0.1, 0.15) is 6.04 Å². The van der Waals surface area contributed by atoms with Gasteiger partial charge in [0.05, 0.1) is 4.88 Å². The standard InChI is InChI=1S/C20H31N3O2S/c1-15-7-10-22(11-8-15)13-17-5-3-9-23(14-17)20(25)16(2)21-19(24)18-6-4-12-26-18/h4,6,12,15-17H,3,5,7-11,13-14H2,1-2H3,(H,21,24)/t16-,17+/m1/s1. The van der Waals surface area contributed by atoms with Gasteiger partial charge >= 0.3 is 0 Å². The van der Waals surface area contributed by atoms with E-state index >= 15 is 0 Å². The molecule has 1 aromatic heterocycles. The van der Waals surface area contributed by atoms with E-state index in [0.29, 0.717) is 10.8 Å². The molecule has 6 heteroatoms. The maximum Gasteiger partial charge on any atom is 0.261 e. The van der Waals surface area contributed by atoms with Crippen LogP contribution in [0, 0.1) is 11.8 Å². The van der Waals surface area contributed by atoms with Crippen LogP contribution in [-0.2, 0) is 4.79 Å². The quantitative estimate of drug-likeness (QED) is 0.858. The number of hydrogen-bond acceptors (Lipinski definition) is 4. The molecule has 2 aliphatic rings. The van der Waals surface area contributed by atoms with Crippen LogP contribution in [0.25, 0.3) is 0 Å². The smallest absolute Gasteiger partial charge is 0.261 e. The topological polar surface area (TPSA) is 52.6 Å². The van der Waals surface area contributed by atoms with Crippen LogP contribution in [0.15, 0.2) is 17.5 Å². The zero-order valence-corrected chi connectivity index (χ0v) is 16.8. The molecule has 0 saturated carbocycles. The van der Waals surface area contributed by atoms with Crippen molar-refractivity contribution in [2.75, 3.05) is 32.7 Å². The highest BCUT2D eigenvalue weighted by Gasteiger charge is 2.29. The molecule has 0 spiro atoms. The SMILES string of the molecule is CC1CCN(C[C@@H]2CCCN(C(=O)[C@@H](C)NC(=O)c3cccs3)C2)CC1. The summed E-state index contributed by atoms with van der Waals surface area (Å²) < 4.78 is 0. The van der Waals surface area contributed by atoms with Crippen LogP contribution < -0.4 is 5.32 Å². The van der Waals surface area contributed by atoms with Gasteiger partial charge in [-0.05, 0) is 69.0 Å². The fourth-order valence-electron chi connectivity index (χ4n) is 4.04. The second-order valence-corrected chi connectivity index (χ2v) is 8.90. The molecular formula is C20H31N3O2S. The van der Waals surface area contributed by atoms with Gasteiger partial charge < -0.3 is 15.1 Å². The number of likely N-dealkylation sites (tertiary alicyclic amines) is 2. The molecule has 2 amide bonds. The molecular weight excluding hydrogens is 346 g/mol. The van der Waals surface area contributed by atoms with E-state index in [0.717, 1.165) is 32.0 Å². The number of piperidine rings is 2. The number of rotatable bonds is 5. The molecule has 3 rings (SSSR count). The van der Waals surface area contributed by atoms with Gasteiger partial charge in [0.2, 0.25) is 5.91 Å². The summed E-state index contributed by atoms with van der Waals surface area (Å²) in [5.41, 5.74) is 0. The number of nitrogens with zero attached hydrogens (tertiary/aromatic N) is 2. The molecule has 0 bridgehead atoms. The van der Waals surface area contributed by atoms with Crippen molar-refractivity contribution in [3.63, 3.8) is 0 Å². The van der Waals surface area contributed by atoms with E-state index in [1.807, 2.05) is 16.3 Å². The first kappa shape index (κ1) is 19.4. The van der Waals surface area contributed by atoms with Gasteiger partial charge in [0.25, 0.3) is 5.91 Å². The Morgan fingerprint density at radius 1 is 1.27 bits per heavy atom. The van der Waals surface area contributed by atoms with E-state index in [9.17, 15) is 9.59 Å². The van der Waals surface area contributed by atoms with Crippen LogP contribution >= 0.6 is 11.3 Å². The second kappa shape index (κ2) is 9.00. The minimum Gasteiger partial charge on any atom is -0.341 e. The molecule has 5 nitrogen and oxygen atoms in total. The highest BCUT2D eigenvalue weighted by molar-refractivity contribution is 7.12. The van der Waals surface area contributed by atoms with Crippen LogP contribution in [0.4, 0.5) is 0 Å². The van der Waals surface area contributed by atoms with E-state index in [4.69, 9.17) is 0 Å². The lowest BCUT2D eigenvalue weighted by molar-refractivity contribution is -0.134. The second-order valence-electron chi connectivity index (χ2n) is 7.95. The minimum absolute atomic E-state index is 0.0480. The first-order chi connectivity index (χ1) is 12.5. The summed E-state index contributed by atoms with van der Waals surface area (Å²) >= 11 is 1.40. The van der Waals surface area contributed by atoms with Gasteiger partial charge in [0.15, 0.2) is 0 Å². The highest BCUT2D eigenvalue weighted by Crippen LogP contribution is 2.22. The van der Waals surface area contributed by atoms with Crippen LogP contribution in [0.2, 0.25) is 0 Å². The molecule has 2 saturated heterocycles. The lowest BCUT2D eigenvalue weighted by Gasteiger charge is -2.38. The van der Waals surface area contributed by atoms with E-state index in [1.165, 1.54) is 43.7 Å². The molecule has 144 valence electrons. The van der Waals surface area contributed by atoms with Crippen molar-refractivity contribution in [2.45, 2.75) is 45.6 Å². The molecule has 1 aromatic rings. The molecule has 3 heterocycles. The fraction of sp³-hybridized carbons (Fsp3) is 0.700. The highest BCUT2D eigenvalue weighted by atomic mass is 32.1. The third kappa shape index (κ3) is 5.07. The van der Waals surface area contributed by atoms with Gasteiger partial charge in [-0.1, -0.05) is 13.0 Å².